The Morgan fingerprint density at radius 2 is 1.97 bits per heavy atom. The molecule has 2 unspecified atom stereocenters. The van der Waals surface area contributed by atoms with E-state index in [-0.39, 0.29) is 12.1 Å². The highest BCUT2D eigenvalue weighted by molar-refractivity contribution is 5.79. The Labute approximate surface area is 188 Å². The van der Waals surface area contributed by atoms with Crippen molar-refractivity contribution < 1.29 is 9.47 Å². The Hall–Kier alpha value is -1.67. The third kappa shape index (κ3) is 7.75. The summed E-state index contributed by atoms with van der Waals surface area (Å²) in [5.74, 6) is 1.51. The number of guanidine groups is 1. The van der Waals surface area contributed by atoms with Gasteiger partial charge in [0, 0.05) is 52.9 Å². The van der Waals surface area contributed by atoms with Crippen LogP contribution in [-0.2, 0) is 9.47 Å². The highest BCUT2D eigenvalue weighted by Gasteiger charge is 2.24. The third-order valence-corrected chi connectivity index (χ3v) is 5.94. The summed E-state index contributed by atoms with van der Waals surface area (Å²) in [6, 6.07) is 9.10. The molecule has 0 aliphatic carbocycles. The molecule has 0 bridgehead atoms. The first-order valence-corrected chi connectivity index (χ1v) is 11.7. The molecule has 0 aromatic heterocycles. The summed E-state index contributed by atoms with van der Waals surface area (Å²) in [5, 5.41) is 7.03. The van der Waals surface area contributed by atoms with E-state index in [1.165, 1.54) is 11.1 Å². The maximum absolute atomic E-state index is 5.98. The molecule has 0 amide bonds. The second kappa shape index (κ2) is 12.4. The fourth-order valence-corrected chi connectivity index (χ4v) is 4.43. The second-order valence-corrected chi connectivity index (χ2v) is 9.06. The smallest absolute Gasteiger partial charge is 0.191 e. The van der Waals surface area contributed by atoms with Gasteiger partial charge in [0.25, 0.3) is 0 Å². The number of hydrogen-bond acceptors (Lipinski definition) is 5. The van der Waals surface area contributed by atoms with Crippen LogP contribution in [0.1, 0.15) is 31.0 Å². The third-order valence-electron chi connectivity index (χ3n) is 5.94. The fourth-order valence-electron chi connectivity index (χ4n) is 4.43. The van der Waals surface area contributed by atoms with Gasteiger partial charge in [0.05, 0.1) is 32.0 Å². The minimum Gasteiger partial charge on any atom is -0.379 e. The summed E-state index contributed by atoms with van der Waals surface area (Å²) < 4.78 is 11.6. The van der Waals surface area contributed by atoms with Crippen LogP contribution in [0.25, 0.3) is 0 Å². The number of hydrogen-bond donors (Lipinski definition) is 2. The molecule has 0 radical (unpaired) electrons. The zero-order valence-electron chi connectivity index (χ0n) is 19.8. The van der Waals surface area contributed by atoms with Crippen molar-refractivity contribution >= 4 is 5.96 Å². The van der Waals surface area contributed by atoms with Gasteiger partial charge in [-0.2, -0.15) is 0 Å². The molecule has 31 heavy (non-hydrogen) atoms. The van der Waals surface area contributed by atoms with Gasteiger partial charge in [0.15, 0.2) is 5.96 Å². The van der Waals surface area contributed by atoms with E-state index < -0.39 is 0 Å². The molecule has 7 nitrogen and oxygen atoms in total. The lowest BCUT2D eigenvalue weighted by Gasteiger charge is -2.36. The second-order valence-electron chi connectivity index (χ2n) is 9.06. The number of nitrogens with zero attached hydrogens (tertiary/aromatic N) is 3. The molecule has 2 atom stereocenters. The summed E-state index contributed by atoms with van der Waals surface area (Å²) in [4.78, 5) is 9.46. The van der Waals surface area contributed by atoms with E-state index >= 15 is 0 Å². The lowest BCUT2D eigenvalue weighted by molar-refractivity contribution is -0.0284. The molecular formula is C24H41N5O2. The van der Waals surface area contributed by atoms with Crippen molar-refractivity contribution in [3.8, 4) is 0 Å². The molecule has 1 aromatic carbocycles. The topological polar surface area (TPSA) is 61.4 Å². The van der Waals surface area contributed by atoms with E-state index in [0.29, 0.717) is 5.92 Å². The Bertz CT molecular complexity index is 690. The van der Waals surface area contributed by atoms with Crippen LogP contribution in [0.2, 0.25) is 0 Å². The molecule has 3 rings (SSSR count). The Morgan fingerprint density at radius 1 is 1.16 bits per heavy atom. The minimum atomic E-state index is 0.192. The predicted molar refractivity (Wildman–Crippen MR) is 127 cm³/mol. The molecule has 174 valence electrons. The van der Waals surface area contributed by atoms with Crippen LogP contribution in [0.4, 0.5) is 0 Å². The van der Waals surface area contributed by atoms with Gasteiger partial charge in [-0.15, -0.1) is 0 Å². The maximum Gasteiger partial charge on any atom is 0.191 e. The summed E-state index contributed by atoms with van der Waals surface area (Å²) in [6.45, 7) is 15.7. The van der Waals surface area contributed by atoms with Crippen molar-refractivity contribution in [2.45, 2.75) is 32.9 Å². The van der Waals surface area contributed by atoms with E-state index in [4.69, 9.17) is 9.47 Å². The van der Waals surface area contributed by atoms with Crippen molar-refractivity contribution in [1.29, 1.82) is 0 Å². The zero-order valence-corrected chi connectivity index (χ0v) is 19.8. The van der Waals surface area contributed by atoms with Gasteiger partial charge in [0.2, 0.25) is 0 Å². The van der Waals surface area contributed by atoms with E-state index in [1.807, 2.05) is 7.05 Å². The quantitative estimate of drug-likeness (QED) is 0.484. The largest absolute Gasteiger partial charge is 0.379 e. The van der Waals surface area contributed by atoms with Crippen molar-refractivity contribution in [3.05, 3.63) is 35.4 Å². The number of ether oxygens (including phenoxy) is 2. The van der Waals surface area contributed by atoms with Crippen molar-refractivity contribution in [2.24, 2.45) is 10.9 Å². The average Bonchev–Trinajstić information content (AvgIpc) is 2.76. The van der Waals surface area contributed by atoms with Gasteiger partial charge in [-0.1, -0.05) is 43.7 Å². The lowest BCUT2D eigenvalue weighted by atomic mass is 10.0. The van der Waals surface area contributed by atoms with Crippen LogP contribution in [-0.4, -0.2) is 94.5 Å². The highest BCUT2D eigenvalue weighted by Crippen LogP contribution is 2.22. The van der Waals surface area contributed by atoms with Crippen LogP contribution in [0.3, 0.4) is 0 Å². The SMILES string of the molecule is CN=C(NCC1CN(CC(C)C)CCO1)NCC(c1cccc(C)c1)N1CCOCC1. The molecule has 2 aliphatic heterocycles. The minimum absolute atomic E-state index is 0.192. The van der Waals surface area contributed by atoms with Crippen LogP contribution in [0, 0.1) is 12.8 Å². The van der Waals surface area contributed by atoms with E-state index in [2.05, 4.69) is 70.5 Å². The maximum atomic E-state index is 5.98. The Kier molecular flexibility index (Phi) is 9.58. The number of nitrogens with one attached hydrogen (secondary N) is 2. The van der Waals surface area contributed by atoms with E-state index in [9.17, 15) is 0 Å². The summed E-state index contributed by atoms with van der Waals surface area (Å²) in [7, 11) is 1.83. The number of aryl methyl sites for hydroxylation is 1. The first-order valence-electron chi connectivity index (χ1n) is 11.7. The standard InChI is InChI=1S/C24H41N5O2/c1-19(2)17-28-8-13-31-22(18-28)15-26-24(25-4)27-16-23(29-9-11-30-12-10-29)21-7-5-6-20(3)14-21/h5-7,14,19,22-23H,8-13,15-18H2,1-4H3,(H2,25,26,27). The van der Waals surface area contributed by atoms with Crippen LogP contribution >= 0.6 is 0 Å². The number of rotatable bonds is 8. The molecule has 1 aromatic rings. The monoisotopic (exact) mass is 431 g/mol. The molecule has 7 heteroatoms. The summed E-state index contributed by atoms with van der Waals surface area (Å²) in [5.41, 5.74) is 2.63. The molecule has 2 heterocycles. The Balaban J connectivity index is 1.54. The molecular weight excluding hydrogens is 390 g/mol. The normalized spacial score (nSPS) is 22.5. The van der Waals surface area contributed by atoms with Crippen LogP contribution in [0.5, 0.6) is 0 Å². The van der Waals surface area contributed by atoms with Gasteiger partial charge < -0.3 is 20.1 Å². The predicted octanol–water partition coefficient (Wildman–Crippen LogP) is 1.89. The fraction of sp³-hybridized carbons (Fsp3) is 0.708. The van der Waals surface area contributed by atoms with Gasteiger partial charge >= 0.3 is 0 Å². The molecule has 2 fully saturated rings. The highest BCUT2D eigenvalue weighted by atomic mass is 16.5. The molecule has 2 saturated heterocycles. The lowest BCUT2D eigenvalue weighted by Crippen LogP contribution is -2.51. The van der Waals surface area contributed by atoms with Crippen molar-refractivity contribution in [3.63, 3.8) is 0 Å². The molecule has 2 aliphatic rings. The molecule has 2 N–H and O–H groups in total. The molecule has 0 saturated carbocycles. The Morgan fingerprint density at radius 3 is 2.68 bits per heavy atom. The van der Waals surface area contributed by atoms with Gasteiger partial charge in [-0.25, -0.2) is 0 Å². The molecule has 0 spiro atoms. The van der Waals surface area contributed by atoms with Crippen molar-refractivity contribution in [1.82, 2.24) is 20.4 Å². The van der Waals surface area contributed by atoms with Gasteiger partial charge in [-0.3, -0.25) is 14.8 Å². The first kappa shape index (κ1) is 24.0. The summed E-state index contributed by atoms with van der Waals surface area (Å²) >= 11 is 0. The number of benzene rings is 1. The average molecular weight is 432 g/mol. The number of aliphatic imine (C=N–C) groups is 1. The number of morpholine rings is 2. The van der Waals surface area contributed by atoms with E-state index in [1.54, 1.807) is 0 Å². The van der Waals surface area contributed by atoms with Gasteiger partial charge in [0.1, 0.15) is 0 Å². The van der Waals surface area contributed by atoms with Crippen LogP contribution < -0.4 is 10.6 Å². The van der Waals surface area contributed by atoms with Gasteiger partial charge in [-0.05, 0) is 18.4 Å². The first-order chi connectivity index (χ1) is 15.0. The zero-order chi connectivity index (χ0) is 22.1. The van der Waals surface area contributed by atoms with Crippen LogP contribution in [0.15, 0.2) is 29.3 Å². The van der Waals surface area contributed by atoms with E-state index in [0.717, 1.165) is 71.6 Å². The van der Waals surface area contributed by atoms with Crippen molar-refractivity contribution in [2.75, 3.05) is 72.7 Å². The summed E-state index contributed by atoms with van der Waals surface area (Å²) in [6.07, 6.45) is 0.192.